The minimum absolute atomic E-state index is 0.0508. The Hall–Kier alpha value is -2.18. The number of phenols is 1. The van der Waals surface area contributed by atoms with Crippen LogP contribution in [0.25, 0.3) is 0 Å². The van der Waals surface area contributed by atoms with E-state index >= 15 is 0 Å². The smallest absolute Gasteiger partial charge is 0.242 e. The van der Waals surface area contributed by atoms with Crippen LogP contribution in [0.15, 0.2) is 36.5 Å². The molecule has 6 nitrogen and oxygen atoms in total. The predicted octanol–water partition coefficient (Wildman–Crippen LogP) is 1.34. The Kier molecular flexibility index (Phi) is 4.49. The number of aromatic nitrogens is 2. The number of nitrogens with zero attached hydrogens (tertiary/aromatic N) is 2. The Morgan fingerprint density at radius 1 is 1.35 bits per heavy atom. The van der Waals surface area contributed by atoms with Crippen molar-refractivity contribution < 1.29 is 9.90 Å². The number of halogens is 1. The molecule has 0 saturated heterocycles. The van der Waals surface area contributed by atoms with Gasteiger partial charge < -0.3 is 16.2 Å². The highest BCUT2D eigenvalue weighted by Crippen LogP contribution is 2.12. The maximum Gasteiger partial charge on any atom is 0.242 e. The number of phenolic OH excluding ortho intramolecular Hbond substituents is 1. The van der Waals surface area contributed by atoms with Crippen molar-refractivity contribution in [3.05, 3.63) is 47.4 Å². The Morgan fingerprint density at radius 2 is 2.05 bits per heavy atom. The number of hydrogen-bond acceptors (Lipinski definition) is 5. The van der Waals surface area contributed by atoms with Crippen molar-refractivity contribution in [2.45, 2.75) is 12.5 Å². The van der Waals surface area contributed by atoms with E-state index in [0.29, 0.717) is 12.2 Å². The second-order valence-corrected chi connectivity index (χ2v) is 4.52. The van der Waals surface area contributed by atoms with Crippen LogP contribution < -0.4 is 11.1 Å². The van der Waals surface area contributed by atoms with Gasteiger partial charge in [0.05, 0.1) is 6.04 Å². The van der Waals surface area contributed by atoms with E-state index in [-0.39, 0.29) is 16.9 Å². The third kappa shape index (κ3) is 3.91. The molecule has 2 rings (SSSR count). The Morgan fingerprint density at radius 3 is 2.70 bits per heavy atom. The second kappa shape index (κ2) is 6.31. The third-order valence-corrected chi connectivity index (χ3v) is 2.79. The normalized spacial score (nSPS) is 11.9. The van der Waals surface area contributed by atoms with Crippen LogP contribution >= 0.6 is 11.6 Å². The number of carbonyl (C=O) groups excluding carboxylic acids is 1. The van der Waals surface area contributed by atoms with Gasteiger partial charge in [-0.15, -0.1) is 0 Å². The van der Waals surface area contributed by atoms with Crippen molar-refractivity contribution in [2.24, 2.45) is 5.73 Å². The van der Waals surface area contributed by atoms with E-state index in [2.05, 4.69) is 15.3 Å². The fourth-order valence-corrected chi connectivity index (χ4v) is 1.75. The van der Waals surface area contributed by atoms with Crippen LogP contribution in [0, 0.1) is 0 Å². The average Bonchev–Trinajstić information content (AvgIpc) is 2.41. The zero-order chi connectivity index (χ0) is 14.5. The van der Waals surface area contributed by atoms with Crippen molar-refractivity contribution in [3.63, 3.8) is 0 Å². The maximum atomic E-state index is 11.9. The van der Waals surface area contributed by atoms with Crippen molar-refractivity contribution in [2.75, 3.05) is 5.32 Å². The molecule has 0 radical (unpaired) electrons. The zero-order valence-electron chi connectivity index (χ0n) is 10.5. The fraction of sp³-hybridized carbons (Fsp3) is 0.154. The van der Waals surface area contributed by atoms with Crippen LogP contribution in [0.4, 0.5) is 5.82 Å². The molecule has 1 aromatic carbocycles. The lowest BCUT2D eigenvalue weighted by Crippen LogP contribution is -2.37. The monoisotopic (exact) mass is 292 g/mol. The Labute approximate surface area is 120 Å². The van der Waals surface area contributed by atoms with Gasteiger partial charge in [0, 0.05) is 6.20 Å². The van der Waals surface area contributed by atoms with Gasteiger partial charge in [0.25, 0.3) is 0 Å². The molecule has 1 heterocycles. The molecule has 0 spiro atoms. The summed E-state index contributed by atoms with van der Waals surface area (Å²) in [7, 11) is 0. The number of amides is 1. The van der Waals surface area contributed by atoms with Crippen LogP contribution in [-0.4, -0.2) is 27.0 Å². The molecule has 7 heteroatoms. The van der Waals surface area contributed by atoms with Gasteiger partial charge in [0.2, 0.25) is 11.2 Å². The van der Waals surface area contributed by atoms with Gasteiger partial charge in [-0.1, -0.05) is 12.1 Å². The van der Waals surface area contributed by atoms with E-state index in [0.717, 1.165) is 5.56 Å². The SMILES string of the molecule is N[C@H](Cc1ccc(O)cc1)C(=O)Nc1ccnc(Cl)n1. The fourth-order valence-electron chi connectivity index (χ4n) is 1.60. The summed E-state index contributed by atoms with van der Waals surface area (Å²) in [5.41, 5.74) is 6.68. The zero-order valence-corrected chi connectivity index (χ0v) is 11.2. The van der Waals surface area contributed by atoms with Crippen LogP contribution in [-0.2, 0) is 11.2 Å². The number of nitrogens with one attached hydrogen (secondary N) is 1. The first-order valence-electron chi connectivity index (χ1n) is 5.87. The van der Waals surface area contributed by atoms with Gasteiger partial charge >= 0.3 is 0 Å². The lowest BCUT2D eigenvalue weighted by atomic mass is 10.1. The molecule has 4 N–H and O–H groups in total. The molecule has 1 aromatic heterocycles. The van der Waals surface area contributed by atoms with Gasteiger partial charge in [-0.2, -0.15) is 0 Å². The summed E-state index contributed by atoms with van der Waals surface area (Å²) >= 11 is 5.62. The number of rotatable bonds is 4. The molecule has 104 valence electrons. The number of hydrogen-bond donors (Lipinski definition) is 3. The van der Waals surface area contributed by atoms with Crippen LogP contribution in [0.1, 0.15) is 5.56 Å². The summed E-state index contributed by atoms with van der Waals surface area (Å²) in [5, 5.41) is 11.8. The third-order valence-electron chi connectivity index (χ3n) is 2.61. The minimum atomic E-state index is -0.728. The molecule has 2 aromatic rings. The van der Waals surface area contributed by atoms with Gasteiger partial charge in [0.1, 0.15) is 11.6 Å². The minimum Gasteiger partial charge on any atom is -0.508 e. The van der Waals surface area contributed by atoms with E-state index in [1.54, 1.807) is 24.3 Å². The molecule has 0 aliphatic heterocycles. The highest BCUT2D eigenvalue weighted by Gasteiger charge is 2.15. The van der Waals surface area contributed by atoms with E-state index in [1.807, 2.05) is 0 Å². The van der Waals surface area contributed by atoms with E-state index in [1.165, 1.54) is 12.3 Å². The molecule has 0 bridgehead atoms. The van der Waals surface area contributed by atoms with Gasteiger partial charge in [-0.25, -0.2) is 9.97 Å². The molecule has 0 aliphatic rings. The second-order valence-electron chi connectivity index (χ2n) is 4.18. The maximum absolute atomic E-state index is 11.9. The lowest BCUT2D eigenvalue weighted by molar-refractivity contribution is -0.117. The summed E-state index contributed by atoms with van der Waals surface area (Å²) in [6.07, 6.45) is 1.79. The molecular weight excluding hydrogens is 280 g/mol. The van der Waals surface area contributed by atoms with Crippen molar-refractivity contribution >= 4 is 23.3 Å². The standard InChI is InChI=1S/C13H13ClN4O2/c14-13-16-6-5-11(18-13)17-12(20)10(15)7-8-1-3-9(19)4-2-8/h1-6,10,19H,7,15H2,(H,16,17,18,20)/t10-/m1/s1. The summed E-state index contributed by atoms with van der Waals surface area (Å²) < 4.78 is 0. The summed E-state index contributed by atoms with van der Waals surface area (Å²) in [6, 6.07) is 7.31. The number of nitrogens with two attached hydrogens (primary N) is 1. The lowest BCUT2D eigenvalue weighted by Gasteiger charge is -2.12. The number of aromatic hydroxyl groups is 1. The van der Waals surface area contributed by atoms with Gasteiger partial charge in [0.15, 0.2) is 0 Å². The first-order chi connectivity index (χ1) is 9.54. The van der Waals surface area contributed by atoms with E-state index in [4.69, 9.17) is 17.3 Å². The van der Waals surface area contributed by atoms with Crippen LogP contribution in [0.5, 0.6) is 5.75 Å². The topological polar surface area (TPSA) is 101 Å². The molecule has 0 aliphatic carbocycles. The molecule has 0 saturated carbocycles. The molecular formula is C13H13ClN4O2. The Bertz CT molecular complexity index is 604. The molecule has 1 atom stereocenters. The first kappa shape index (κ1) is 14.2. The average molecular weight is 293 g/mol. The summed E-state index contributed by atoms with van der Waals surface area (Å²) in [4.78, 5) is 19.5. The molecule has 0 fully saturated rings. The van der Waals surface area contributed by atoms with Gasteiger partial charge in [-0.3, -0.25) is 4.79 Å². The molecule has 0 unspecified atom stereocenters. The summed E-state index contributed by atoms with van der Waals surface area (Å²) in [6.45, 7) is 0. The quantitative estimate of drug-likeness (QED) is 0.738. The van der Waals surface area contributed by atoms with Crippen LogP contribution in [0.3, 0.4) is 0 Å². The van der Waals surface area contributed by atoms with E-state index < -0.39 is 6.04 Å². The van der Waals surface area contributed by atoms with E-state index in [9.17, 15) is 9.90 Å². The number of benzene rings is 1. The Balaban J connectivity index is 1.96. The first-order valence-corrected chi connectivity index (χ1v) is 6.25. The van der Waals surface area contributed by atoms with Gasteiger partial charge in [-0.05, 0) is 41.8 Å². The van der Waals surface area contributed by atoms with Crippen molar-refractivity contribution in [1.29, 1.82) is 0 Å². The largest absolute Gasteiger partial charge is 0.508 e. The molecule has 1 amide bonds. The number of anilines is 1. The highest BCUT2D eigenvalue weighted by atomic mass is 35.5. The number of carbonyl (C=O) groups is 1. The highest BCUT2D eigenvalue weighted by molar-refractivity contribution is 6.28. The predicted molar refractivity (Wildman–Crippen MR) is 75.5 cm³/mol. The van der Waals surface area contributed by atoms with Crippen LogP contribution in [0.2, 0.25) is 5.28 Å². The summed E-state index contributed by atoms with van der Waals surface area (Å²) in [5.74, 6) is 0.103. The van der Waals surface area contributed by atoms with Crippen molar-refractivity contribution in [1.82, 2.24) is 9.97 Å². The van der Waals surface area contributed by atoms with Crippen molar-refractivity contribution in [3.8, 4) is 5.75 Å². The molecule has 20 heavy (non-hydrogen) atoms.